The van der Waals surface area contributed by atoms with Crippen molar-refractivity contribution in [3.05, 3.63) is 11.1 Å². The van der Waals surface area contributed by atoms with Crippen LogP contribution in [0.5, 0.6) is 0 Å². The van der Waals surface area contributed by atoms with Crippen molar-refractivity contribution in [2.24, 2.45) is 5.41 Å². The van der Waals surface area contributed by atoms with E-state index in [-0.39, 0.29) is 5.41 Å². The molecule has 0 aliphatic heterocycles. The second-order valence-electron chi connectivity index (χ2n) is 6.00. The third kappa shape index (κ3) is 3.00. The highest BCUT2D eigenvalue weighted by Crippen LogP contribution is 2.42. The molecule has 1 aromatic heterocycles. The monoisotopic (exact) mass is 297 g/mol. The first-order valence-corrected chi connectivity index (χ1v) is 8.30. The van der Waals surface area contributed by atoms with Crippen LogP contribution >= 0.6 is 11.3 Å². The molecule has 2 unspecified atom stereocenters. The van der Waals surface area contributed by atoms with Gasteiger partial charge in [0, 0.05) is 49.3 Å². The molecule has 20 heavy (non-hydrogen) atoms. The summed E-state index contributed by atoms with van der Waals surface area (Å²) >= 11 is 1.79. The minimum atomic E-state index is 0.223. The fourth-order valence-corrected chi connectivity index (χ4v) is 3.86. The molecule has 0 radical (unpaired) electrons. The maximum Gasteiger partial charge on any atom is 0.185 e. The summed E-state index contributed by atoms with van der Waals surface area (Å²) in [5.41, 5.74) is 0.223. The molecule has 0 saturated heterocycles. The van der Waals surface area contributed by atoms with Crippen LogP contribution in [-0.2, 0) is 11.3 Å². The van der Waals surface area contributed by atoms with E-state index in [1.54, 1.807) is 11.3 Å². The van der Waals surface area contributed by atoms with E-state index in [2.05, 4.69) is 42.9 Å². The fourth-order valence-electron chi connectivity index (χ4n) is 2.87. The number of thiazole rings is 1. The Bertz CT molecular complexity index is 429. The second kappa shape index (κ2) is 6.41. The number of ether oxygens (including phenoxy) is 1. The van der Waals surface area contributed by atoms with Crippen molar-refractivity contribution in [1.82, 2.24) is 10.3 Å². The maximum atomic E-state index is 5.49. The number of anilines is 1. The second-order valence-corrected chi connectivity index (χ2v) is 7.09. The van der Waals surface area contributed by atoms with Gasteiger partial charge in [-0.05, 0) is 20.3 Å². The third-order valence-electron chi connectivity index (χ3n) is 4.56. The fraction of sp³-hybridized carbons (Fsp3) is 0.800. The SMILES string of the molecule is CCN(CC)c1ncc(CNC2CC(OC)C2(C)C)s1. The topological polar surface area (TPSA) is 37.4 Å². The summed E-state index contributed by atoms with van der Waals surface area (Å²) in [5.74, 6) is 0. The van der Waals surface area contributed by atoms with Gasteiger partial charge in [0.2, 0.25) is 0 Å². The van der Waals surface area contributed by atoms with Gasteiger partial charge in [0.25, 0.3) is 0 Å². The molecular formula is C15H27N3OS. The van der Waals surface area contributed by atoms with E-state index in [0.29, 0.717) is 12.1 Å². The van der Waals surface area contributed by atoms with Crippen LogP contribution in [-0.4, -0.2) is 37.3 Å². The number of hydrogen-bond acceptors (Lipinski definition) is 5. The van der Waals surface area contributed by atoms with E-state index in [1.807, 2.05) is 13.3 Å². The molecule has 1 aromatic rings. The highest BCUT2D eigenvalue weighted by Gasteiger charge is 2.48. The van der Waals surface area contributed by atoms with Gasteiger partial charge in [-0.15, -0.1) is 11.3 Å². The van der Waals surface area contributed by atoms with Crippen LogP contribution in [0.15, 0.2) is 6.20 Å². The highest BCUT2D eigenvalue weighted by atomic mass is 32.1. The van der Waals surface area contributed by atoms with Gasteiger partial charge in [-0.3, -0.25) is 0 Å². The molecule has 1 heterocycles. The zero-order chi connectivity index (χ0) is 14.8. The zero-order valence-corrected chi connectivity index (χ0v) is 14.1. The van der Waals surface area contributed by atoms with Crippen LogP contribution < -0.4 is 10.2 Å². The zero-order valence-electron chi connectivity index (χ0n) is 13.3. The molecule has 0 spiro atoms. The van der Waals surface area contributed by atoms with Crippen LogP contribution in [0.2, 0.25) is 0 Å². The molecule has 1 N–H and O–H groups in total. The summed E-state index contributed by atoms with van der Waals surface area (Å²) in [5, 5.41) is 4.78. The number of aromatic nitrogens is 1. The average molecular weight is 297 g/mol. The highest BCUT2D eigenvalue weighted by molar-refractivity contribution is 7.15. The minimum absolute atomic E-state index is 0.223. The lowest BCUT2D eigenvalue weighted by molar-refractivity contribution is -0.0978. The Morgan fingerprint density at radius 3 is 2.70 bits per heavy atom. The largest absolute Gasteiger partial charge is 0.381 e. The third-order valence-corrected chi connectivity index (χ3v) is 5.62. The standard InChI is InChI=1S/C15H27N3OS/c1-6-18(7-2)14-17-10-11(20-14)9-16-12-8-13(19-5)15(12,3)4/h10,12-13,16H,6-9H2,1-5H3. The molecule has 2 atom stereocenters. The summed E-state index contributed by atoms with van der Waals surface area (Å²) in [6, 6.07) is 0.534. The van der Waals surface area contributed by atoms with Crippen LogP contribution in [0.4, 0.5) is 5.13 Å². The van der Waals surface area contributed by atoms with Crippen LogP contribution in [0.3, 0.4) is 0 Å². The lowest BCUT2D eigenvalue weighted by Gasteiger charge is -2.51. The van der Waals surface area contributed by atoms with Gasteiger partial charge >= 0.3 is 0 Å². The molecule has 4 nitrogen and oxygen atoms in total. The van der Waals surface area contributed by atoms with Gasteiger partial charge in [-0.25, -0.2) is 4.98 Å². The first-order valence-electron chi connectivity index (χ1n) is 7.48. The van der Waals surface area contributed by atoms with Crippen molar-refractivity contribution in [2.45, 2.75) is 52.8 Å². The first-order chi connectivity index (χ1) is 9.52. The van der Waals surface area contributed by atoms with Gasteiger partial charge in [0.1, 0.15) is 0 Å². The molecule has 1 aliphatic rings. The van der Waals surface area contributed by atoms with Crippen molar-refractivity contribution in [3.63, 3.8) is 0 Å². The summed E-state index contributed by atoms with van der Waals surface area (Å²) in [6.07, 6.45) is 3.49. The normalized spacial score (nSPS) is 24.4. The van der Waals surface area contributed by atoms with Gasteiger partial charge in [-0.1, -0.05) is 13.8 Å². The van der Waals surface area contributed by atoms with Crippen molar-refractivity contribution in [2.75, 3.05) is 25.1 Å². The number of nitrogens with zero attached hydrogens (tertiary/aromatic N) is 2. The lowest BCUT2D eigenvalue weighted by Crippen LogP contribution is -2.60. The number of hydrogen-bond donors (Lipinski definition) is 1. The Kier molecular flexibility index (Phi) is 5.04. The molecule has 1 aliphatic carbocycles. The summed E-state index contributed by atoms with van der Waals surface area (Å²) in [7, 11) is 1.81. The molecule has 1 saturated carbocycles. The van der Waals surface area contributed by atoms with Crippen molar-refractivity contribution in [1.29, 1.82) is 0 Å². The Labute approximate surface area is 126 Å². The van der Waals surface area contributed by atoms with Crippen molar-refractivity contribution < 1.29 is 4.74 Å². The van der Waals surface area contributed by atoms with E-state index in [1.165, 1.54) is 4.88 Å². The molecule has 0 amide bonds. The molecule has 0 bridgehead atoms. The molecule has 114 valence electrons. The first kappa shape index (κ1) is 15.7. The molecular weight excluding hydrogens is 270 g/mol. The Morgan fingerprint density at radius 1 is 1.45 bits per heavy atom. The van der Waals surface area contributed by atoms with E-state index in [4.69, 9.17) is 4.74 Å². The molecule has 1 fully saturated rings. The minimum Gasteiger partial charge on any atom is -0.381 e. The smallest absolute Gasteiger partial charge is 0.185 e. The predicted octanol–water partition coefficient (Wildman–Crippen LogP) is 2.89. The van der Waals surface area contributed by atoms with Crippen LogP contribution in [0.25, 0.3) is 0 Å². The Hall–Kier alpha value is -0.650. The van der Waals surface area contributed by atoms with Gasteiger partial charge < -0.3 is 15.0 Å². The van der Waals surface area contributed by atoms with Crippen molar-refractivity contribution >= 4 is 16.5 Å². The summed E-state index contributed by atoms with van der Waals surface area (Å²) in [6.45, 7) is 11.8. The summed E-state index contributed by atoms with van der Waals surface area (Å²) < 4.78 is 5.49. The van der Waals surface area contributed by atoms with Crippen molar-refractivity contribution in [3.8, 4) is 0 Å². The van der Waals surface area contributed by atoms with Gasteiger partial charge in [0.05, 0.1) is 6.10 Å². The van der Waals surface area contributed by atoms with Gasteiger partial charge in [-0.2, -0.15) is 0 Å². The van der Waals surface area contributed by atoms with E-state index in [9.17, 15) is 0 Å². The average Bonchev–Trinajstić information content (AvgIpc) is 2.88. The van der Waals surface area contributed by atoms with Crippen LogP contribution in [0.1, 0.15) is 39.0 Å². The quantitative estimate of drug-likeness (QED) is 0.840. The predicted molar refractivity (Wildman–Crippen MR) is 85.5 cm³/mol. The van der Waals surface area contributed by atoms with E-state index >= 15 is 0 Å². The number of nitrogens with one attached hydrogen (secondary N) is 1. The molecule has 5 heteroatoms. The van der Waals surface area contributed by atoms with E-state index in [0.717, 1.165) is 31.2 Å². The number of methoxy groups -OCH3 is 1. The number of rotatable bonds is 7. The van der Waals surface area contributed by atoms with E-state index < -0.39 is 0 Å². The summed E-state index contributed by atoms with van der Waals surface area (Å²) in [4.78, 5) is 8.13. The molecule has 0 aromatic carbocycles. The molecule has 2 rings (SSSR count). The van der Waals surface area contributed by atoms with Gasteiger partial charge in [0.15, 0.2) is 5.13 Å². The maximum absolute atomic E-state index is 5.49. The Balaban J connectivity index is 1.86. The lowest BCUT2D eigenvalue weighted by atomic mass is 9.64. The van der Waals surface area contributed by atoms with Crippen LogP contribution in [0, 0.1) is 5.41 Å². The Morgan fingerprint density at radius 2 is 2.15 bits per heavy atom.